The second-order valence-corrected chi connectivity index (χ2v) is 8.31. The number of thiazole rings is 2. The Bertz CT molecular complexity index is 1300. The lowest BCUT2D eigenvalue weighted by molar-refractivity contribution is 0.102. The second kappa shape index (κ2) is 8.06. The summed E-state index contributed by atoms with van der Waals surface area (Å²) < 4.78 is 6.92. The third kappa shape index (κ3) is 3.94. The molecule has 0 bridgehead atoms. The van der Waals surface area contributed by atoms with Crippen molar-refractivity contribution in [1.29, 1.82) is 0 Å². The molecule has 0 fully saturated rings. The predicted octanol–water partition coefficient (Wildman–Crippen LogP) is 6.46. The Morgan fingerprint density at radius 2 is 1.67 bits per heavy atom. The summed E-state index contributed by atoms with van der Waals surface area (Å²) >= 11 is 2.96. The molecule has 0 radical (unpaired) electrons. The zero-order valence-corrected chi connectivity index (χ0v) is 17.2. The highest BCUT2D eigenvalue weighted by molar-refractivity contribution is 7.22. The molecule has 0 aliphatic heterocycles. The van der Waals surface area contributed by atoms with Crippen molar-refractivity contribution in [2.45, 2.75) is 0 Å². The molecule has 146 valence electrons. The van der Waals surface area contributed by atoms with Crippen molar-refractivity contribution in [2.75, 3.05) is 5.32 Å². The lowest BCUT2D eigenvalue weighted by Gasteiger charge is -2.07. The van der Waals surface area contributed by atoms with Crippen molar-refractivity contribution in [2.24, 2.45) is 0 Å². The number of anilines is 1. The van der Waals surface area contributed by atoms with Gasteiger partial charge in [-0.05, 0) is 42.5 Å². The first kappa shape index (κ1) is 18.5. The number of amides is 1. The number of ether oxygens (including phenoxy) is 1. The van der Waals surface area contributed by atoms with Crippen molar-refractivity contribution >= 4 is 43.9 Å². The SMILES string of the molecule is O=C(Nc1nc(-c2nc3ccccc3s2)cs1)c1cccc(Oc2ccccc2)c1. The lowest BCUT2D eigenvalue weighted by atomic mass is 10.2. The van der Waals surface area contributed by atoms with Gasteiger partial charge in [-0.1, -0.05) is 36.4 Å². The molecule has 0 aliphatic carbocycles. The van der Waals surface area contributed by atoms with Gasteiger partial charge in [0.2, 0.25) is 0 Å². The summed E-state index contributed by atoms with van der Waals surface area (Å²) in [5.41, 5.74) is 2.21. The van der Waals surface area contributed by atoms with E-state index in [0.29, 0.717) is 16.4 Å². The number of nitrogens with zero attached hydrogens (tertiary/aromatic N) is 2. The summed E-state index contributed by atoms with van der Waals surface area (Å²) in [6.45, 7) is 0. The van der Waals surface area contributed by atoms with E-state index in [1.165, 1.54) is 11.3 Å². The fourth-order valence-corrected chi connectivity index (χ4v) is 4.60. The van der Waals surface area contributed by atoms with Gasteiger partial charge in [0.05, 0.1) is 10.2 Å². The number of carbonyl (C=O) groups excluding carboxylic acids is 1. The number of fused-ring (bicyclic) bond motifs is 1. The zero-order chi connectivity index (χ0) is 20.3. The Morgan fingerprint density at radius 1 is 0.867 bits per heavy atom. The van der Waals surface area contributed by atoms with Crippen LogP contribution < -0.4 is 10.1 Å². The van der Waals surface area contributed by atoms with Gasteiger partial charge >= 0.3 is 0 Å². The van der Waals surface area contributed by atoms with E-state index in [4.69, 9.17) is 4.74 Å². The Hall–Kier alpha value is -3.55. The highest BCUT2D eigenvalue weighted by Gasteiger charge is 2.13. The molecule has 0 unspecified atom stereocenters. The van der Waals surface area contributed by atoms with E-state index in [-0.39, 0.29) is 5.91 Å². The monoisotopic (exact) mass is 429 g/mol. The van der Waals surface area contributed by atoms with Crippen LogP contribution in [0.2, 0.25) is 0 Å². The van der Waals surface area contributed by atoms with Gasteiger partial charge in [-0.15, -0.1) is 22.7 Å². The molecule has 0 saturated heterocycles. The normalized spacial score (nSPS) is 10.8. The van der Waals surface area contributed by atoms with Crippen LogP contribution in [0.5, 0.6) is 11.5 Å². The molecule has 0 aliphatic rings. The summed E-state index contributed by atoms with van der Waals surface area (Å²) in [5.74, 6) is 1.08. The van der Waals surface area contributed by atoms with Crippen molar-refractivity contribution in [3.8, 4) is 22.2 Å². The maximum Gasteiger partial charge on any atom is 0.257 e. The number of aromatic nitrogens is 2. The first-order valence-corrected chi connectivity index (χ1v) is 10.9. The minimum atomic E-state index is -0.237. The van der Waals surface area contributed by atoms with Gasteiger partial charge in [-0.3, -0.25) is 10.1 Å². The van der Waals surface area contributed by atoms with E-state index in [1.807, 2.05) is 66.0 Å². The van der Waals surface area contributed by atoms with Crippen molar-refractivity contribution < 1.29 is 9.53 Å². The maximum atomic E-state index is 12.7. The molecule has 2 heterocycles. The summed E-state index contributed by atoms with van der Waals surface area (Å²) in [7, 11) is 0. The Kier molecular flexibility index (Phi) is 4.96. The Balaban J connectivity index is 1.32. The van der Waals surface area contributed by atoms with Crippen LogP contribution in [-0.4, -0.2) is 15.9 Å². The average Bonchev–Trinajstić information content (AvgIpc) is 3.41. The van der Waals surface area contributed by atoms with E-state index in [9.17, 15) is 4.79 Å². The van der Waals surface area contributed by atoms with Crippen molar-refractivity contribution in [3.63, 3.8) is 0 Å². The van der Waals surface area contributed by atoms with Crippen LogP contribution in [0.15, 0.2) is 84.2 Å². The smallest absolute Gasteiger partial charge is 0.257 e. The molecule has 5 rings (SSSR count). The largest absolute Gasteiger partial charge is 0.457 e. The number of hydrogen-bond acceptors (Lipinski definition) is 6. The number of benzene rings is 3. The molecule has 5 nitrogen and oxygen atoms in total. The highest BCUT2D eigenvalue weighted by atomic mass is 32.1. The van der Waals surface area contributed by atoms with Crippen molar-refractivity contribution in [3.05, 3.63) is 89.8 Å². The molecule has 5 aromatic rings. The second-order valence-electron chi connectivity index (χ2n) is 6.42. The molecule has 0 saturated carbocycles. The average molecular weight is 430 g/mol. The maximum absolute atomic E-state index is 12.7. The highest BCUT2D eigenvalue weighted by Crippen LogP contribution is 2.32. The van der Waals surface area contributed by atoms with Gasteiger partial charge < -0.3 is 4.74 Å². The minimum Gasteiger partial charge on any atom is -0.457 e. The van der Waals surface area contributed by atoms with E-state index >= 15 is 0 Å². The molecule has 0 spiro atoms. The Morgan fingerprint density at radius 3 is 2.53 bits per heavy atom. The van der Waals surface area contributed by atoms with Crippen LogP contribution >= 0.6 is 22.7 Å². The number of carbonyl (C=O) groups is 1. The van der Waals surface area contributed by atoms with Gasteiger partial charge in [0.1, 0.15) is 22.2 Å². The molecule has 3 aromatic carbocycles. The summed E-state index contributed by atoms with van der Waals surface area (Å²) in [4.78, 5) is 21.8. The lowest BCUT2D eigenvalue weighted by Crippen LogP contribution is -2.11. The van der Waals surface area contributed by atoms with Gasteiger partial charge in [-0.25, -0.2) is 9.97 Å². The van der Waals surface area contributed by atoms with Gasteiger partial charge in [0.15, 0.2) is 5.13 Å². The summed E-state index contributed by atoms with van der Waals surface area (Å²) in [6.07, 6.45) is 0. The van der Waals surface area contributed by atoms with E-state index < -0.39 is 0 Å². The molecule has 1 N–H and O–H groups in total. The predicted molar refractivity (Wildman–Crippen MR) is 122 cm³/mol. The number of para-hydroxylation sites is 2. The third-order valence-corrected chi connectivity index (χ3v) is 6.13. The quantitative estimate of drug-likeness (QED) is 0.348. The standard InChI is InChI=1S/C23H15N3O2S2/c27-21(15-7-6-10-17(13-15)28-16-8-2-1-3-9-16)26-23-25-19(14-29-23)22-24-18-11-4-5-12-20(18)30-22/h1-14H,(H,25,26,27). The van der Waals surface area contributed by atoms with Crippen LogP contribution in [0, 0.1) is 0 Å². The molecule has 30 heavy (non-hydrogen) atoms. The summed E-state index contributed by atoms with van der Waals surface area (Å²) in [6, 6.07) is 24.5. The van der Waals surface area contributed by atoms with Crippen LogP contribution in [0.25, 0.3) is 20.9 Å². The van der Waals surface area contributed by atoms with Crippen molar-refractivity contribution in [1.82, 2.24) is 9.97 Å². The van der Waals surface area contributed by atoms with E-state index in [2.05, 4.69) is 15.3 Å². The van der Waals surface area contributed by atoms with Crippen LogP contribution in [-0.2, 0) is 0 Å². The number of nitrogens with one attached hydrogen (secondary N) is 1. The fourth-order valence-electron chi connectivity index (χ4n) is 2.91. The topological polar surface area (TPSA) is 64.1 Å². The first-order chi connectivity index (χ1) is 14.7. The molecule has 1 amide bonds. The molecular formula is C23H15N3O2S2. The Labute approximate surface area is 180 Å². The molecule has 0 atom stereocenters. The van der Waals surface area contributed by atoms with Gasteiger partial charge in [0, 0.05) is 10.9 Å². The van der Waals surface area contributed by atoms with Crippen LogP contribution in [0.4, 0.5) is 5.13 Å². The third-order valence-electron chi connectivity index (χ3n) is 4.31. The van der Waals surface area contributed by atoms with Crippen LogP contribution in [0.1, 0.15) is 10.4 Å². The van der Waals surface area contributed by atoms with Crippen LogP contribution in [0.3, 0.4) is 0 Å². The van der Waals surface area contributed by atoms with Gasteiger partial charge in [0.25, 0.3) is 5.91 Å². The first-order valence-electron chi connectivity index (χ1n) is 9.20. The van der Waals surface area contributed by atoms with E-state index in [1.54, 1.807) is 29.5 Å². The molecule has 7 heteroatoms. The zero-order valence-electron chi connectivity index (χ0n) is 15.6. The molecule has 2 aromatic heterocycles. The van der Waals surface area contributed by atoms with Gasteiger partial charge in [-0.2, -0.15) is 0 Å². The van der Waals surface area contributed by atoms with E-state index in [0.717, 1.165) is 26.7 Å². The number of rotatable bonds is 5. The molecular weight excluding hydrogens is 414 g/mol. The number of hydrogen-bond donors (Lipinski definition) is 1. The minimum absolute atomic E-state index is 0.237. The fraction of sp³-hybridized carbons (Fsp3) is 0. The summed E-state index contributed by atoms with van der Waals surface area (Å²) in [5, 5.41) is 6.14.